The van der Waals surface area contributed by atoms with Gasteiger partial charge in [-0.25, -0.2) is 9.97 Å². The summed E-state index contributed by atoms with van der Waals surface area (Å²) in [6.45, 7) is 6.01. The Hall–Kier alpha value is -1.69. The van der Waals surface area contributed by atoms with Crippen LogP contribution in [-0.2, 0) is 4.79 Å². The summed E-state index contributed by atoms with van der Waals surface area (Å²) in [5, 5.41) is 3.00. The van der Waals surface area contributed by atoms with Crippen LogP contribution in [0.2, 0.25) is 0 Å². The highest BCUT2D eigenvalue weighted by molar-refractivity contribution is 5.89. The van der Waals surface area contributed by atoms with E-state index in [-0.39, 0.29) is 11.9 Å². The van der Waals surface area contributed by atoms with Crippen LogP contribution >= 0.6 is 0 Å². The summed E-state index contributed by atoms with van der Waals surface area (Å²) in [6.07, 6.45) is 9.73. The Balaban J connectivity index is 1.68. The van der Waals surface area contributed by atoms with Gasteiger partial charge in [0.2, 0.25) is 11.9 Å². The molecule has 1 saturated carbocycles. The van der Waals surface area contributed by atoms with Crippen molar-refractivity contribution in [2.75, 3.05) is 18.0 Å². The standard InChI is InChI=1S/C18H29N5O/c1-13(21-16(24)18(19)8-9-18)15-12-20-17(22-14(15)2)23-10-6-4-3-5-7-11-23/h12-13H,3-11,19H2,1-2H3,(H,21,24). The van der Waals surface area contributed by atoms with Crippen molar-refractivity contribution in [3.05, 3.63) is 17.5 Å². The number of hydrogen-bond acceptors (Lipinski definition) is 5. The van der Waals surface area contributed by atoms with Crippen LogP contribution in [0.15, 0.2) is 6.20 Å². The lowest BCUT2D eigenvalue weighted by atomic mass is 10.1. The van der Waals surface area contributed by atoms with Crippen molar-refractivity contribution in [1.82, 2.24) is 15.3 Å². The summed E-state index contributed by atoms with van der Waals surface area (Å²) in [5.41, 5.74) is 7.20. The van der Waals surface area contributed by atoms with Crippen LogP contribution in [0, 0.1) is 6.92 Å². The molecule has 6 nitrogen and oxygen atoms in total. The number of nitrogens with one attached hydrogen (secondary N) is 1. The number of rotatable bonds is 4. The van der Waals surface area contributed by atoms with Gasteiger partial charge in [0.1, 0.15) is 0 Å². The molecule has 1 saturated heterocycles. The molecule has 1 amide bonds. The zero-order chi connectivity index (χ0) is 17.2. The fourth-order valence-corrected chi connectivity index (χ4v) is 3.27. The first-order chi connectivity index (χ1) is 11.5. The predicted octanol–water partition coefficient (Wildman–Crippen LogP) is 2.22. The number of amides is 1. The van der Waals surface area contributed by atoms with Gasteiger partial charge in [0.25, 0.3) is 0 Å². The van der Waals surface area contributed by atoms with Gasteiger partial charge in [0, 0.05) is 30.5 Å². The first kappa shape index (κ1) is 17.1. The van der Waals surface area contributed by atoms with E-state index in [1.54, 1.807) is 0 Å². The van der Waals surface area contributed by atoms with Crippen LogP contribution in [0.1, 0.15) is 69.2 Å². The lowest BCUT2D eigenvalue weighted by Crippen LogP contribution is -2.43. The Labute approximate surface area is 144 Å². The maximum absolute atomic E-state index is 12.1. The van der Waals surface area contributed by atoms with Crippen LogP contribution in [-0.4, -0.2) is 34.5 Å². The molecule has 2 aliphatic rings. The average molecular weight is 331 g/mol. The van der Waals surface area contributed by atoms with Gasteiger partial charge >= 0.3 is 0 Å². The summed E-state index contributed by atoms with van der Waals surface area (Å²) in [7, 11) is 0. The van der Waals surface area contributed by atoms with E-state index >= 15 is 0 Å². The second-order valence-electron chi connectivity index (χ2n) is 7.32. The Morgan fingerprint density at radius 1 is 1.25 bits per heavy atom. The molecule has 0 radical (unpaired) electrons. The van der Waals surface area contributed by atoms with E-state index in [4.69, 9.17) is 10.7 Å². The molecule has 0 spiro atoms. The Bertz CT molecular complexity index is 591. The largest absolute Gasteiger partial charge is 0.348 e. The third-order valence-corrected chi connectivity index (χ3v) is 5.20. The third kappa shape index (κ3) is 3.86. The highest BCUT2D eigenvalue weighted by Crippen LogP contribution is 2.33. The summed E-state index contributed by atoms with van der Waals surface area (Å²) in [6, 6.07) is -0.125. The number of hydrogen-bond donors (Lipinski definition) is 2. The molecule has 1 unspecified atom stereocenters. The van der Waals surface area contributed by atoms with Crippen molar-refractivity contribution in [3.63, 3.8) is 0 Å². The van der Waals surface area contributed by atoms with Crippen LogP contribution in [0.4, 0.5) is 5.95 Å². The molecule has 3 N–H and O–H groups in total. The molecule has 2 heterocycles. The van der Waals surface area contributed by atoms with Crippen LogP contribution in [0.5, 0.6) is 0 Å². The van der Waals surface area contributed by atoms with Crippen LogP contribution in [0.25, 0.3) is 0 Å². The predicted molar refractivity (Wildman–Crippen MR) is 94.8 cm³/mol. The van der Waals surface area contributed by atoms with E-state index in [1.165, 1.54) is 32.1 Å². The van der Waals surface area contributed by atoms with E-state index in [0.29, 0.717) is 0 Å². The molecular weight excluding hydrogens is 302 g/mol. The van der Waals surface area contributed by atoms with Crippen molar-refractivity contribution in [2.24, 2.45) is 5.73 Å². The summed E-state index contributed by atoms with van der Waals surface area (Å²) in [5.74, 6) is 0.747. The third-order valence-electron chi connectivity index (χ3n) is 5.20. The zero-order valence-electron chi connectivity index (χ0n) is 14.8. The molecule has 1 atom stereocenters. The number of nitrogens with zero attached hydrogens (tertiary/aromatic N) is 3. The minimum atomic E-state index is -0.645. The van der Waals surface area contributed by atoms with E-state index in [1.807, 2.05) is 20.0 Å². The smallest absolute Gasteiger partial charge is 0.240 e. The molecule has 6 heteroatoms. The number of nitrogens with two attached hydrogens (primary N) is 1. The van der Waals surface area contributed by atoms with Crippen molar-refractivity contribution in [1.29, 1.82) is 0 Å². The molecule has 0 aromatic carbocycles. The fourth-order valence-electron chi connectivity index (χ4n) is 3.27. The van der Waals surface area contributed by atoms with Crippen molar-refractivity contribution < 1.29 is 4.79 Å². The molecule has 2 fully saturated rings. The fraction of sp³-hybridized carbons (Fsp3) is 0.722. The molecule has 1 aromatic heterocycles. The first-order valence-corrected chi connectivity index (χ1v) is 9.18. The lowest BCUT2D eigenvalue weighted by Gasteiger charge is -2.26. The Kier molecular flexibility index (Phi) is 5.04. The lowest BCUT2D eigenvalue weighted by molar-refractivity contribution is -0.123. The minimum Gasteiger partial charge on any atom is -0.348 e. The number of carbonyl (C=O) groups is 1. The van der Waals surface area contributed by atoms with Gasteiger partial charge in [0.15, 0.2) is 0 Å². The Morgan fingerprint density at radius 3 is 2.46 bits per heavy atom. The highest BCUT2D eigenvalue weighted by atomic mass is 16.2. The number of anilines is 1. The molecule has 1 aliphatic carbocycles. The summed E-state index contributed by atoms with van der Waals surface area (Å²) in [4.78, 5) is 23.7. The number of aryl methyl sites for hydroxylation is 1. The second-order valence-corrected chi connectivity index (χ2v) is 7.32. The Morgan fingerprint density at radius 2 is 1.88 bits per heavy atom. The molecular formula is C18H29N5O. The van der Waals surface area contributed by atoms with E-state index < -0.39 is 5.54 Å². The van der Waals surface area contributed by atoms with Crippen molar-refractivity contribution >= 4 is 11.9 Å². The van der Waals surface area contributed by atoms with Gasteiger partial charge in [-0.05, 0) is 39.5 Å². The normalized spacial score (nSPS) is 21.5. The van der Waals surface area contributed by atoms with E-state index in [0.717, 1.165) is 43.1 Å². The first-order valence-electron chi connectivity index (χ1n) is 9.18. The van der Waals surface area contributed by atoms with Crippen molar-refractivity contribution in [3.8, 4) is 0 Å². The van der Waals surface area contributed by atoms with Gasteiger partial charge in [-0.15, -0.1) is 0 Å². The molecule has 1 aliphatic heterocycles. The molecule has 0 bridgehead atoms. The zero-order valence-corrected chi connectivity index (χ0v) is 14.8. The van der Waals surface area contributed by atoms with Gasteiger partial charge in [-0.3, -0.25) is 4.79 Å². The van der Waals surface area contributed by atoms with Crippen LogP contribution in [0.3, 0.4) is 0 Å². The average Bonchev–Trinajstić information content (AvgIpc) is 3.26. The maximum atomic E-state index is 12.1. The monoisotopic (exact) mass is 331 g/mol. The second kappa shape index (κ2) is 7.05. The van der Waals surface area contributed by atoms with Gasteiger partial charge < -0.3 is 16.0 Å². The van der Waals surface area contributed by atoms with Crippen molar-refractivity contribution in [2.45, 2.75) is 70.4 Å². The van der Waals surface area contributed by atoms with Crippen LogP contribution < -0.4 is 16.0 Å². The SMILES string of the molecule is Cc1nc(N2CCCCCCC2)ncc1C(C)NC(=O)C1(N)CC1. The molecule has 132 valence electrons. The van der Waals surface area contributed by atoms with E-state index in [9.17, 15) is 4.79 Å². The van der Waals surface area contributed by atoms with Gasteiger partial charge in [-0.2, -0.15) is 0 Å². The summed E-state index contributed by atoms with van der Waals surface area (Å²) >= 11 is 0. The van der Waals surface area contributed by atoms with Gasteiger partial charge in [-0.1, -0.05) is 19.3 Å². The molecule has 3 rings (SSSR count). The molecule has 24 heavy (non-hydrogen) atoms. The number of aromatic nitrogens is 2. The summed E-state index contributed by atoms with van der Waals surface area (Å²) < 4.78 is 0. The minimum absolute atomic E-state index is 0.0674. The number of carbonyl (C=O) groups excluding carboxylic acids is 1. The topological polar surface area (TPSA) is 84.1 Å². The highest BCUT2D eigenvalue weighted by Gasteiger charge is 2.46. The quantitative estimate of drug-likeness (QED) is 0.884. The maximum Gasteiger partial charge on any atom is 0.240 e. The van der Waals surface area contributed by atoms with Gasteiger partial charge in [0.05, 0.1) is 11.6 Å². The van der Waals surface area contributed by atoms with E-state index in [2.05, 4.69) is 15.2 Å². The molecule has 1 aromatic rings.